The van der Waals surface area contributed by atoms with Crippen LogP contribution in [0.25, 0.3) is 11.2 Å². The summed E-state index contributed by atoms with van der Waals surface area (Å²) in [5, 5.41) is 0.607. The lowest BCUT2D eigenvalue weighted by Gasteiger charge is -2.19. The fourth-order valence-corrected chi connectivity index (χ4v) is 3.27. The van der Waals surface area contributed by atoms with Crippen molar-refractivity contribution in [3.05, 3.63) is 52.9 Å². The van der Waals surface area contributed by atoms with Crippen LogP contribution in [0.2, 0.25) is 5.02 Å². The summed E-state index contributed by atoms with van der Waals surface area (Å²) in [5.74, 6) is 0.577. The van der Waals surface area contributed by atoms with Crippen molar-refractivity contribution in [2.75, 3.05) is 14.2 Å². The Morgan fingerprint density at radius 2 is 2.15 bits per heavy atom. The summed E-state index contributed by atoms with van der Waals surface area (Å²) in [5.41, 5.74) is 2.95. The van der Waals surface area contributed by atoms with Crippen molar-refractivity contribution < 1.29 is 9.53 Å². The van der Waals surface area contributed by atoms with E-state index in [4.69, 9.17) is 16.3 Å². The number of halogens is 1. The van der Waals surface area contributed by atoms with Gasteiger partial charge in [-0.1, -0.05) is 11.6 Å². The van der Waals surface area contributed by atoms with Gasteiger partial charge in [0.25, 0.3) is 5.91 Å². The Bertz CT molecular complexity index is 981. The standard InChI is InChI=1S/C19H19ClN4O2/c1-23(10-13-7-14(20)3-6-17(13)26-2)19(25)12-8-16-18(21-9-12)24(11-22-16)15-4-5-15/h3,6-9,11,15H,4-5,10H2,1-2H3. The quantitative estimate of drug-likeness (QED) is 0.687. The van der Waals surface area contributed by atoms with Crippen molar-refractivity contribution in [3.63, 3.8) is 0 Å². The summed E-state index contributed by atoms with van der Waals surface area (Å²) >= 11 is 6.07. The van der Waals surface area contributed by atoms with Gasteiger partial charge < -0.3 is 14.2 Å². The molecule has 1 saturated carbocycles. The summed E-state index contributed by atoms with van der Waals surface area (Å²) in [4.78, 5) is 23.3. The highest BCUT2D eigenvalue weighted by Gasteiger charge is 2.26. The maximum absolute atomic E-state index is 12.8. The fraction of sp³-hybridized carbons (Fsp3) is 0.316. The highest BCUT2D eigenvalue weighted by atomic mass is 35.5. The number of methoxy groups -OCH3 is 1. The Balaban J connectivity index is 1.57. The normalized spacial score (nSPS) is 13.8. The molecule has 3 aromatic rings. The van der Waals surface area contributed by atoms with Crippen LogP contribution >= 0.6 is 11.6 Å². The highest BCUT2D eigenvalue weighted by Crippen LogP contribution is 2.36. The molecule has 2 aromatic heterocycles. The summed E-state index contributed by atoms with van der Waals surface area (Å²) in [6, 6.07) is 7.68. The summed E-state index contributed by atoms with van der Waals surface area (Å²) in [7, 11) is 3.35. The first-order valence-corrected chi connectivity index (χ1v) is 8.85. The summed E-state index contributed by atoms with van der Waals surface area (Å²) in [6.45, 7) is 0.386. The number of amides is 1. The van der Waals surface area contributed by atoms with Crippen molar-refractivity contribution in [3.8, 4) is 5.75 Å². The zero-order valence-corrected chi connectivity index (χ0v) is 15.4. The first-order chi connectivity index (χ1) is 12.6. The first kappa shape index (κ1) is 16.8. The zero-order valence-electron chi connectivity index (χ0n) is 14.6. The van der Waals surface area contributed by atoms with Crippen molar-refractivity contribution >= 4 is 28.7 Å². The third-order valence-corrected chi connectivity index (χ3v) is 4.83. The molecular formula is C19H19ClN4O2. The van der Waals surface area contributed by atoms with Crippen molar-refractivity contribution in [1.29, 1.82) is 0 Å². The van der Waals surface area contributed by atoms with Gasteiger partial charge in [0.1, 0.15) is 11.3 Å². The molecule has 4 rings (SSSR count). The van der Waals surface area contributed by atoms with E-state index in [0.29, 0.717) is 28.9 Å². The average Bonchev–Trinajstić information content (AvgIpc) is 3.40. The van der Waals surface area contributed by atoms with Crippen LogP contribution in [-0.2, 0) is 6.54 Å². The number of carbonyl (C=O) groups excluding carboxylic acids is 1. The Morgan fingerprint density at radius 1 is 1.35 bits per heavy atom. The molecule has 0 N–H and O–H groups in total. The van der Waals surface area contributed by atoms with Crippen LogP contribution in [0.1, 0.15) is 34.8 Å². The predicted molar refractivity (Wildman–Crippen MR) is 99.6 cm³/mol. The molecule has 0 radical (unpaired) electrons. The van der Waals surface area contributed by atoms with Gasteiger partial charge in [0.2, 0.25) is 0 Å². The van der Waals surface area contributed by atoms with Crippen LogP contribution in [0.5, 0.6) is 5.75 Å². The molecule has 6 nitrogen and oxygen atoms in total. The van der Waals surface area contributed by atoms with E-state index in [1.165, 1.54) is 0 Å². The Morgan fingerprint density at radius 3 is 2.88 bits per heavy atom. The van der Waals surface area contributed by atoms with Crippen LogP contribution in [-0.4, -0.2) is 39.5 Å². The number of carbonyl (C=O) groups is 1. The number of rotatable bonds is 5. The SMILES string of the molecule is COc1ccc(Cl)cc1CN(C)C(=O)c1cnc2c(c1)ncn2C1CC1. The van der Waals surface area contributed by atoms with E-state index >= 15 is 0 Å². The minimum Gasteiger partial charge on any atom is -0.496 e. The molecule has 1 aliphatic rings. The number of fused-ring (bicyclic) bond motifs is 1. The molecule has 1 fully saturated rings. The van der Waals surface area contributed by atoms with E-state index in [0.717, 1.165) is 29.6 Å². The smallest absolute Gasteiger partial charge is 0.255 e. The number of imidazole rings is 1. The number of aromatic nitrogens is 3. The number of nitrogens with zero attached hydrogens (tertiary/aromatic N) is 4. The minimum atomic E-state index is -0.123. The van der Waals surface area contributed by atoms with Crippen LogP contribution in [0.15, 0.2) is 36.8 Å². The second-order valence-electron chi connectivity index (χ2n) is 6.57. The number of hydrogen-bond acceptors (Lipinski definition) is 4. The van der Waals surface area contributed by atoms with Crippen LogP contribution in [0, 0.1) is 0 Å². The molecule has 1 aliphatic carbocycles. The van der Waals surface area contributed by atoms with Crippen LogP contribution in [0.4, 0.5) is 0 Å². The van der Waals surface area contributed by atoms with Gasteiger partial charge in [-0.15, -0.1) is 0 Å². The molecule has 134 valence electrons. The maximum Gasteiger partial charge on any atom is 0.255 e. The van der Waals surface area contributed by atoms with Crippen LogP contribution < -0.4 is 4.74 Å². The fourth-order valence-electron chi connectivity index (χ4n) is 3.07. The second kappa shape index (κ2) is 6.61. The highest BCUT2D eigenvalue weighted by molar-refractivity contribution is 6.30. The largest absolute Gasteiger partial charge is 0.496 e. The van der Waals surface area contributed by atoms with Gasteiger partial charge in [0.15, 0.2) is 5.65 Å². The van der Waals surface area contributed by atoms with E-state index < -0.39 is 0 Å². The molecule has 2 heterocycles. The van der Waals surface area contributed by atoms with Gasteiger partial charge in [-0.25, -0.2) is 9.97 Å². The van der Waals surface area contributed by atoms with E-state index in [2.05, 4.69) is 14.5 Å². The summed E-state index contributed by atoms with van der Waals surface area (Å²) < 4.78 is 7.44. The van der Waals surface area contributed by atoms with E-state index in [1.54, 1.807) is 43.5 Å². The molecule has 0 saturated heterocycles. The molecule has 1 aromatic carbocycles. The lowest BCUT2D eigenvalue weighted by atomic mass is 10.1. The topological polar surface area (TPSA) is 60.2 Å². The van der Waals surface area contributed by atoms with Gasteiger partial charge >= 0.3 is 0 Å². The van der Waals surface area contributed by atoms with Gasteiger partial charge in [0, 0.05) is 36.4 Å². The van der Waals surface area contributed by atoms with Gasteiger partial charge in [0.05, 0.1) is 19.0 Å². The molecule has 0 unspecified atom stereocenters. The average molecular weight is 371 g/mol. The minimum absolute atomic E-state index is 0.123. The number of benzene rings is 1. The van der Waals surface area contributed by atoms with E-state index in [1.807, 2.05) is 12.4 Å². The molecule has 7 heteroatoms. The maximum atomic E-state index is 12.8. The van der Waals surface area contributed by atoms with Gasteiger partial charge in [-0.2, -0.15) is 0 Å². The second-order valence-corrected chi connectivity index (χ2v) is 7.00. The molecule has 0 atom stereocenters. The van der Waals surface area contributed by atoms with Gasteiger partial charge in [-0.3, -0.25) is 4.79 Å². The molecule has 0 aliphatic heterocycles. The van der Waals surface area contributed by atoms with Crippen LogP contribution in [0.3, 0.4) is 0 Å². The first-order valence-electron chi connectivity index (χ1n) is 8.47. The van der Waals surface area contributed by atoms with E-state index in [-0.39, 0.29) is 5.91 Å². The summed E-state index contributed by atoms with van der Waals surface area (Å²) in [6.07, 6.45) is 5.76. The molecule has 0 spiro atoms. The third-order valence-electron chi connectivity index (χ3n) is 4.60. The Labute approximate surface area is 156 Å². The Hall–Kier alpha value is -2.60. The van der Waals surface area contributed by atoms with Crippen molar-refractivity contribution in [1.82, 2.24) is 19.4 Å². The lowest BCUT2D eigenvalue weighted by Crippen LogP contribution is -2.26. The van der Waals surface area contributed by atoms with Crippen molar-refractivity contribution in [2.24, 2.45) is 0 Å². The monoisotopic (exact) mass is 370 g/mol. The lowest BCUT2D eigenvalue weighted by molar-refractivity contribution is 0.0784. The third kappa shape index (κ3) is 3.12. The van der Waals surface area contributed by atoms with E-state index in [9.17, 15) is 4.79 Å². The van der Waals surface area contributed by atoms with Gasteiger partial charge in [-0.05, 0) is 37.1 Å². The molecule has 0 bridgehead atoms. The number of pyridine rings is 1. The van der Waals surface area contributed by atoms with Crippen molar-refractivity contribution in [2.45, 2.75) is 25.4 Å². The molecule has 26 heavy (non-hydrogen) atoms. The zero-order chi connectivity index (χ0) is 18.3. The number of ether oxygens (including phenoxy) is 1. The Kier molecular flexibility index (Phi) is 4.28. The molecule has 1 amide bonds. The predicted octanol–water partition coefficient (Wildman–Crippen LogP) is 3.70. The number of hydrogen-bond donors (Lipinski definition) is 0. The molecular weight excluding hydrogens is 352 g/mol.